The van der Waals surface area contributed by atoms with Gasteiger partial charge in [-0.05, 0) is 19.1 Å². The molecule has 1 saturated heterocycles. The number of hydrogen-bond donors (Lipinski definition) is 2. The number of aliphatic carboxylic acids is 1. The number of carboxylic acids is 1. The van der Waals surface area contributed by atoms with Crippen molar-refractivity contribution in [3.63, 3.8) is 0 Å². The number of rotatable bonds is 3. The number of fused-ring (bicyclic) bond motifs is 1. The Morgan fingerprint density at radius 3 is 2.48 bits per heavy atom. The summed E-state index contributed by atoms with van der Waals surface area (Å²) >= 11 is 0. The molecule has 2 N–H and O–H groups in total. The van der Waals surface area contributed by atoms with E-state index in [4.69, 9.17) is 4.74 Å². The van der Waals surface area contributed by atoms with Crippen LogP contribution in [0.5, 0.6) is 0 Å². The fourth-order valence-corrected chi connectivity index (χ4v) is 2.55. The largest absolute Gasteiger partial charge is 0.480 e. The minimum Gasteiger partial charge on any atom is -0.480 e. The van der Waals surface area contributed by atoms with Crippen LogP contribution in [0.15, 0.2) is 24.3 Å². The number of anilines is 1. The molecule has 3 rings (SSSR count). The number of para-hydroxylation sites is 2. The summed E-state index contributed by atoms with van der Waals surface area (Å²) in [5.74, 6) is -0.349. The van der Waals surface area contributed by atoms with Gasteiger partial charge in [-0.25, -0.2) is 14.8 Å². The van der Waals surface area contributed by atoms with Crippen molar-refractivity contribution in [3.8, 4) is 0 Å². The first-order valence-corrected chi connectivity index (χ1v) is 6.93. The predicted molar refractivity (Wildman–Crippen MR) is 78.3 cm³/mol. The third-order valence-electron chi connectivity index (χ3n) is 3.86. The van der Waals surface area contributed by atoms with Crippen molar-refractivity contribution in [2.24, 2.45) is 0 Å². The fourth-order valence-electron chi connectivity index (χ4n) is 2.55. The van der Waals surface area contributed by atoms with E-state index < -0.39 is 11.5 Å². The molecule has 0 unspecified atom stereocenters. The van der Waals surface area contributed by atoms with E-state index in [1.165, 1.54) is 0 Å². The first-order valence-electron chi connectivity index (χ1n) is 6.93. The number of aromatic nitrogens is 2. The number of nitrogens with one attached hydrogen (secondary N) is 1. The van der Waals surface area contributed by atoms with Crippen LogP contribution in [-0.2, 0) is 9.53 Å². The number of aryl methyl sites for hydroxylation is 1. The minimum atomic E-state index is -1.03. The van der Waals surface area contributed by atoms with E-state index in [2.05, 4.69) is 15.3 Å². The van der Waals surface area contributed by atoms with Crippen molar-refractivity contribution < 1.29 is 14.6 Å². The summed E-state index contributed by atoms with van der Waals surface area (Å²) in [7, 11) is 0. The van der Waals surface area contributed by atoms with Crippen LogP contribution < -0.4 is 5.32 Å². The molecule has 21 heavy (non-hydrogen) atoms. The second-order valence-corrected chi connectivity index (χ2v) is 5.27. The first kappa shape index (κ1) is 13.8. The van der Waals surface area contributed by atoms with Gasteiger partial charge in [0.05, 0.1) is 16.7 Å². The molecule has 6 nitrogen and oxygen atoms in total. The van der Waals surface area contributed by atoms with Gasteiger partial charge in [0.1, 0.15) is 11.4 Å². The predicted octanol–water partition coefficient (Wildman–Crippen LogP) is 1.98. The van der Waals surface area contributed by atoms with Crippen molar-refractivity contribution in [2.75, 3.05) is 18.5 Å². The van der Waals surface area contributed by atoms with E-state index >= 15 is 0 Å². The number of hydrogen-bond acceptors (Lipinski definition) is 5. The van der Waals surface area contributed by atoms with Crippen molar-refractivity contribution >= 4 is 22.8 Å². The molecular weight excluding hydrogens is 270 g/mol. The molecule has 6 heteroatoms. The Morgan fingerprint density at radius 1 is 1.24 bits per heavy atom. The summed E-state index contributed by atoms with van der Waals surface area (Å²) < 4.78 is 5.27. The van der Waals surface area contributed by atoms with Gasteiger partial charge in [-0.2, -0.15) is 0 Å². The molecular formula is C15H17N3O3. The second-order valence-electron chi connectivity index (χ2n) is 5.27. The van der Waals surface area contributed by atoms with Crippen LogP contribution in [-0.4, -0.2) is 39.8 Å². The molecule has 0 bridgehead atoms. The smallest absolute Gasteiger partial charge is 0.329 e. The highest BCUT2D eigenvalue weighted by Crippen LogP contribution is 2.27. The average Bonchev–Trinajstić information content (AvgIpc) is 2.49. The third-order valence-corrected chi connectivity index (χ3v) is 3.86. The van der Waals surface area contributed by atoms with Gasteiger partial charge in [-0.1, -0.05) is 12.1 Å². The van der Waals surface area contributed by atoms with E-state index in [0.717, 1.165) is 11.0 Å². The quantitative estimate of drug-likeness (QED) is 0.898. The molecule has 0 radical (unpaired) electrons. The zero-order valence-corrected chi connectivity index (χ0v) is 11.8. The summed E-state index contributed by atoms with van der Waals surface area (Å²) in [6.45, 7) is 2.69. The highest BCUT2D eigenvalue weighted by molar-refractivity contribution is 5.84. The van der Waals surface area contributed by atoms with E-state index in [0.29, 0.717) is 37.6 Å². The standard InChI is InChI=1S/C15H17N3O3/c1-10-13(17-12-5-3-2-4-11(12)16-10)18-15(14(19)20)6-8-21-9-7-15/h2-5H,6-9H2,1H3,(H,17,18)(H,19,20). The number of nitrogens with zero attached hydrogens (tertiary/aromatic N) is 2. The van der Waals surface area contributed by atoms with E-state index in [9.17, 15) is 9.90 Å². The Morgan fingerprint density at radius 2 is 1.86 bits per heavy atom. The number of ether oxygens (including phenoxy) is 1. The van der Waals surface area contributed by atoms with Gasteiger partial charge in [0, 0.05) is 26.1 Å². The third kappa shape index (κ3) is 2.54. The van der Waals surface area contributed by atoms with Gasteiger partial charge in [-0.3, -0.25) is 0 Å². The van der Waals surface area contributed by atoms with Crippen LogP contribution in [0.4, 0.5) is 5.82 Å². The Labute approximate surface area is 122 Å². The summed E-state index contributed by atoms with van der Waals surface area (Å²) in [4.78, 5) is 20.7. The molecule has 0 saturated carbocycles. The van der Waals surface area contributed by atoms with Crippen molar-refractivity contribution in [1.29, 1.82) is 0 Å². The monoisotopic (exact) mass is 287 g/mol. The molecule has 0 aliphatic carbocycles. The number of benzene rings is 1. The molecule has 2 heterocycles. The lowest BCUT2D eigenvalue weighted by Gasteiger charge is -2.34. The van der Waals surface area contributed by atoms with Gasteiger partial charge < -0.3 is 15.2 Å². The lowest BCUT2D eigenvalue weighted by Crippen LogP contribution is -2.50. The Hall–Kier alpha value is -2.21. The topological polar surface area (TPSA) is 84.3 Å². The maximum Gasteiger partial charge on any atom is 0.329 e. The number of carbonyl (C=O) groups is 1. The highest BCUT2D eigenvalue weighted by Gasteiger charge is 2.41. The van der Waals surface area contributed by atoms with Crippen molar-refractivity contribution in [3.05, 3.63) is 30.0 Å². The Kier molecular flexibility index (Phi) is 3.47. The van der Waals surface area contributed by atoms with E-state index in [-0.39, 0.29) is 0 Å². The SMILES string of the molecule is Cc1nc2ccccc2nc1NC1(C(=O)O)CCOCC1. The molecule has 0 amide bonds. The van der Waals surface area contributed by atoms with Crippen molar-refractivity contribution in [1.82, 2.24) is 9.97 Å². The van der Waals surface area contributed by atoms with Crippen LogP contribution in [0.3, 0.4) is 0 Å². The normalized spacial score (nSPS) is 17.6. The van der Waals surface area contributed by atoms with Crippen molar-refractivity contribution in [2.45, 2.75) is 25.3 Å². The maximum atomic E-state index is 11.7. The molecule has 1 aromatic carbocycles. The molecule has 110 valence electrons. The molecule has 0 atom stereocenters. The lowest BCUT2D eigenvalue weighted by atomic mass is 9.90. The molecule has 1 aliphatic heterocycles. The zero-order chi connectivity index (χ0) is 14.9. The Balaban J connectivity index is 1.99. The average molecular weight is 287 g/mol. The van der Waals surface area contributed by atoms with Gasteiger partial charge >= 0.3 is 5.97 Å². The van der Waals surface area contributed by atoms with Gasteiger partial charge in [0.25, 0.3) is 0 Å². The zero-order valence-electron chi connectivity index (χ0n) is 11.8. The van der Waals surface area contributed by atoms with Crippen LogP contribution in [0.1, 0.15) is 18.5 Å². The highest BCUT2D eigenvalue weighted by atomic mass is 16.5. The van der Waals surface area contributed by atoms with Gasteiger partial charge in [0.2, 0.25) is 0 Å². The van der Waals surface area contributed by atoms with E-state index in [1.54, 1.807) is 0 Å². The summed E-state index contributed by atoms with van der Waals surface area (Å²) in [5, 5.41) is 12.7. The van der Waals surface area contributed by atoms with Crippen LogP contribution in [0.25, 0.3) is 11.0 Å². The Bertz CT molecular complexity index is 681. The molecule has 1 aliphatic rings. The van der Waals surface area contributed by atoms with Gasteiger partial charge in [-0.15, -0.1) is 0 Å². The van der Waals surface area contributed by atoms with E-state index in [1.807, 2.05) is 31.2 Å². The first-order chi connectivity index (χ1) is 10.1. The molecule has 1 fully saturated rings. The van der Waals surface area contributed by atoms with Gasteiger partial charge in [0.15, 0.2) is 0 Å². The summed E-state index contributed by atoms with van der Waals surface area (Å²) in [6, 6.07) is 7.54. The van der Waals surface area contributed by atoms with Crippen LogP contribution in [0.2, 0.25) is 0 Å². The molecule has 2 aromatic rings. The van der Waals surface area contributed by atoms with Crippen LogP contribution >= 0.6 is 0 Å². The fraction of sp³-hybridized carbons (Fsp3) is 0.400. The summed E-state index contributed by atoms with van der Waals surface area (Å²) in [5.41, 5.74) is 1.22. The van der Waals surface area contributed by atoms with Crippen LogP contribution in [0, 0.1) is 6.92 Å². The lowest BCUT2D eigenvalue weighted by molar-refractivity contribution is -0.145. The second kappa shape index (κ2) is 5.29. The molecule has 0 spiro atoms. The minimum absolute atomic E-state index is 0.413. The number of carboxylic acid groups (broad SMARTS) is 1. The molecule has 1 aromatic heterocycles. The maximum absolute atomic E-state index is 11.7. The summed E-state index contributed by atoms with van der Waals surface area (Å²) in [6.07, 6.45) is 0.826.